The van der Waals surface area contributed by atoms with Crippen molar-refractivity contribution >= 4 is 11.7 Å². The summed E-state index contributed by atoms with van der Waals surface area (Å²) in [5.41, 5.74) is 17.9. The van der Waals surface area contributed by atoms with Crippen LogP contribution in [0.15, 0.2) is 175 Å². The quantitative estimate of drug-likeness (QED) is 0.0195. The van der Waals surface area contributed by atoms with E-state index in [9.17, 15) is 19.8 Å². The monoisotopic (exact) mass is 1020 g/mol. The highest BCUT2D eigenvalue weighted by Crippen LogP contribution is 2.27. The van der Waals surface area contributed by atoms with Crippen molar-refractivity contribution in [2.24, 2.45) is 5.11 Å². The predicted molar refractivity (Wildman–Crippen MR) is 289 cm³/mol. The number of Topliss-reactive ketones (excluding diaryl/α,β-unsaturated/α-hetero) is 1. The molecule has 16 heteroatoms. The van der Waals surface area contributed by atoms with Crippen molar-refractivity contribution in [3.63, 3.8) is 0 Å². The highest BCUT2D eigenvalue weighted by atomic mass is 16.5. The number of carbonyl (C=O) groups excluding carboxylic acids is 2. The number of nitrogens with zero attached hydrogens (tertiary/aromatic N) is 10. The van der Waals surface area contributed by atoms with Gasteiger partial charge in [-0.05, 0) is 113 Å². The number of ether oxygens (including phenoxy) is 2. The third kappa shape index (κ3) is 17.2. The number of carbonyl (C=O) groups is 2. The highest BCUT2D eigenvalue weighted by molar-refractivity contribution is 5.81. The van der Waals surface area contributed by atoms with Crippen LogP contribution in [0.5, 0.6) is 5.75 Å². The number of pyridine rings is 4. The molecule has 4 aromatic heterocycles. The van der Waals surface area contributed by atoms with Crippen LogP contribution < -0.4 is 4.74 Å². The first kappa shape index (κ1) is 54.6. The molecule has 1 saturated heterocycles. The Morgan fingerprint density at radius 3 is 1.59 bits per heavy atom. The van der Waals surface area contributed by atoms with Gasteiger partial charge in [-0.15, -0.1) is 0 Å². The Kier molecular flexibility index (Phi) is 20.7. The van der Waals surface area contributed by atoms with E-state index in [0.717, 1.165) is 56.3 Å². The Morgan fingerprint density at radius 2 is 1.08 bits per heavy atom. The van der Waals surface area contributed by atoms with Gasteiger partial charge in [0.1, 0.15) is 23.7 Å². The number of aliphatic hydroxyl groups is 2. The molecule has 0 unspecified atom stereocenters. The summed E-state index contributed by atoms with van der Waals surface area (Å²) >= 11 is 0. The van der Waals surface area contributed by atoms with Crippen molar-refractivity contribution in [2.75, 3.05) is 19.7 Å². The summed E-state index contributed by atoms with van der Waals surface area (Å²) in [5.74, 6) is 0.498. The van der Waals surface area contributed by atoms with Gasteiger partial charge >= 0.3 is 0 Å². The standard InChI is InChI=1S/C60H66N10O6/c61-67-66-37-57-60(74)59(73)56(76-57)36-54(71)21-14-22-58(72)70(40-45-23-25-49(26-24-45)48-15-2-1-3-16-48)31-12-13-32-75-55-34-46(38-68(41-50-17-4-8-27-62-50)42-51-18-5-9-28-63-51)33-47(35-55)39-69(43-52-19-6-10-29-64-52)44-53-20-7-11-30-65-53/h1-11,15-20,23-30,33-35,56-57,59-60,73-74H,12-14,21-22,31-32,36-44H2/t56-,57-,59+,60-/m1/s1. The zero-order valence-corrected chi connectivity index (χ0v) is 42.8. The number of aromatic nitrogens is 4. The summed E-state index contributed by atoms with van der Waals surface area (Å²) in [6, 6.07) is 48.8. The maximum absolute atomic E-state index is 14.0. The molecule has 4 atom stereocenters. The van der Waals surface area contributed by atoms with Gasteiger partial charge in [-0.1, -0.05) is 90.0 Å². The van der Waals surface area contributed by atoms with Gasteiger partial charge in [0.05, 0.1) is 48.1 Å². The van der Waals surface area contributed by atoms with Crippen molar-refractivity contribution in [1.29, 1.82) is 0 Å². The van der Waals surface area contributed by atoms with E-state index in [0.29, 0.717) is 78.2 Å². The number of aliphatic hydroxyl groups excluding tert-OH is 2. The first-order valence-electron chi connectivity index (χ1n) is 26.0. The molecule has 0 bridgehead atoms. The molecule has 1 aliphatic heterocycles. The van der Waals surface area contributed by atoms with Gasteiger partial charge < -0.3 is 24.6 Å². The molecule has 3 aromatic carbocycles. The second kappa shape index (κ2) is 28.8. The number of rotatable bonds is 29. The molecule has 0 radical (unpaired) electrons. The number of hydrogen-bond acceptors (Lipinski definition) is 13. The average molecular weight is 1020 g/mol. The number of unbranched alkanes of at least 4 members (excludes halogenated alkanes) is 1. The molecule has 5 heterocycles. The highest BCUT2D eigenvalue weighted by Gasteiger charge is 2.42. The number of ketones is 1. The number of amides is 1. The van der Waals surface area contributed by atoms with E-state index >= 15 is 0 Å². The summed E-state index contributed by atoms with van der Waals surface area (Å²) in [6.07, 6.45) is 4.75. The minimum absolute atomic E-state index is 0.0675. The van der Waals surface area contributed by atoms with Gasteiger partial charge in [-0.3, -0.25) is 39.3 Å². The molecule has 392 valence electrons. The first-order chi connectivity index (χ1) is 37.2. The van der Waals surface area contributed by atoms with E-state index in [2.05, 4.69) is 94.4 Å². The van der Waals surface area contributed by atoms with Crippen LogP contribution in [0.4, 0.5) is 0 Å². The van der Waals surface area contributed by atoms with E-state index < -0.39 is 24.4 Å². The molecule has 0 spiro atoms. The van der Waals surface area contributed by atoms with Crippen LogP contribution >= 0.6 is 0 Å². The maximum Gasteiger partial charge on any atom is 0.222 e. The molecule has 2 N–H and O–H groups in total. The minimum Gasteiger partial charge on any atom is -0.494 e. The third-order valence-electron chi connectivity index (χ3n) is 13.2. The first-order valence-corrected chi connectivity index (χ1v) is 26.0. The SMILES string of the molecule is [N-]=[N+]=NC[C@H]1O[C@H](CC(=O)CCCC(=O)N(CCCCOc2cc(CN(Cc3ccccn3)Cc3ccccn3)cc(CN(Cc3ccccn3)Cc3ccccn3)c2)Cc2ccc(-c3ccccc3)cc2)[C@H](O)[C@@H]1O. The largest absolute Gasteiger partial charge is 0.494 e. The van der Waals surface area contributed by atoms with E-state index in [-0.39, 0.29) is 37.5 Å². The van der Waals surface area contributed by atoms with Crippen LogP contribution in [-0.4, -0.2) is 101 Å². The molecule has 1 aliphatic rings. The van der Waals surface area contributed by atoms with Gasteiger partial charge in [-0.25, -0.2) is 0 Å². The van der Waals surface area contributed by atoms with Crippen LogP contribution in [0.3, 0.4) is 0 Å². The number of azide groups is 1. The lowest BCUT2D eigenvalue weighted by molar-refractivity contribution is -0.132. The molecule has 8 rings (SSSR count). The summed E-state index contributed by atoms with van der Waals surface area (Å²) in [6.45, 7) is 4.89. The Bertz CT molecular complexity index is 2710. The number of hydrogen-bond donors (Lipinski definition) is 2. The zero-order chi connectivity index (χ0) is 52.7. The fraction of sp³-hybridized carbons (Fsp3) is 0.333. The van der Waals surface area contributed by atoms with E-state index in [4.69, 9.17) is 15.0 Å². The van der Waals surface area contributed by atoms with Crippen LogP contribution in [0, 0.1) is 0 Å². The van der Waals surface area contributed by atoms with Gasteiger partial charge in [0.15, 0.2) is 0 Å². The van der Waals surface area contributed by atoms with Crippen molar-refractivity contribution in [3.05, 3.63) is 220 Å². The van der Waals surface area contributed by atoms with Gasteiger partial charge in [0.25, 0.3) is 0 Å². The van der Waals surface area contributed by atoms with E-state index in [1.54, 1.807) is 0 Å². The molecule has 76 heavy (non-hydrogen) atoms. The van der Waals surface area contributed by atoms with Crippen molar-refractivity contribution in [1.82, 2.24) is 34.6 Å². The normalized spacial score (nSPS) is 16.1. The Hall–Kier alpha value is -7.69. The van der Waals surface area contributed by atoms with Crippen LogP contribution in [-0.2, 0) is 60.1 Å². The van der Waals surface area contributed by atoms with E-state index in [1.807, 2.05) is 121 Å². The topological polar surface area (TPSA) is 203 Å². The Morgan fingerprint density at radius 1 is 0.566 bits per heavy atom. The minimum atomic E-state index is -1.28. The van der Waals surface area contributed by atoms with Gasteiger partial charge in [0.2, 0.25) is 5.91 Å². The fourth-order valence-electron chi connectivity index (χ4n) is 9.45. The number of benzene rings is 3. The van der Waals surface area contributed by atoms with Crippen molar-refractivity contribution in [3.8, 4) is 16.9 Å². The molecule has 0 aliphatic carbocycles. The van der Waals surface area contributed by atoms with Gasteiger partial charge in [-0.2, -0.15) is 0 Å². The molecule has 16 nitrogen and oxygen atoms in total. The van der Waals surface area contributed by atoms with E-state index in [1.165, 1.54) is 0 Å². The van der Waals surface area contributed by atoms with Crippen LogP contribution in [0.25, 0.3) is 21.6 Å². The lowest BCUT2D eigenvalue weighted by Gasteiger charge is -2.25. The lowest BCUT2D eigenvalue weighted by Crippen LogP contribution is -2.34. The van der Waals surface area contributed by atoms with Crippen molar-refractivity contribution < 1.29 is 29.3 Å². The molecule has 7 aromatic rings. The molecule has 1 fully saturated rings. The molecular weight excluding hydrogens is 957 g/mol. The van der Waals surface area contributed by atoms with Crippen molar-refractivity contribution in [2.45, 2.75) is 109 Å². The molecular formula is C60H66N10O6. The lowest BCUT2D eigenvalue weighted by atomic mass is 10.0. The molecule has 0 saturated carbocycles. The maximum atomic E-state index is 14.0. The zero-order valence-electron chi connectivity index (χ0n) is 42.8. The predicted octanol–water partition coefficient (Wildman–Crippen LogP) is 9.46. The second-order valence-corrected chi connectivity index (χ2v) is 19.2. The summed E-state index contributed by atoms with van der Waals surface area (Å²) in [5, 5.41) is 24.3. The Labute approximate surface area is 444 Å². The Balaban J connectivity index is 0.951. The smallest absolute Gasteiger partial charge is 0.222 e. The second-order valence-electron chi connectivity index (χ2n) is 19.2. The van der Waals surface area contributed by atoms with Crippen LogP contribution in [0.2, 0.25) is 0 Å². The van der Waals surface area contributed by atoms with Crippen LogP contribution in [0.1, 0.15) is 78.0 Å². The summed E-state index contributed by atoms with van der Waals surface area (Å²) in [4.78, 5) is 54.9. The van der Waals surface area contributed by atoms with Gasteiger partial charge in [0, 0.05) is 101 Å². The molecule has 1 amide bonds. The summed E-state index contributed by atoms with van der Waals surface area (Å²) < 4.78 is 12.3. The average Bonchev–Trinajstić information content (AvgIpc) is 3.70. The third-order valence-corrected chi connectivity index (χ3v) is 13.2. The summed E-state index contributed by atoms with van der Waals surface area (Å²) in [7, 11) is 0. The fourth-order valence-corrected chi connectivity index (χ4v) is 9.45.